The summed E-state index contributed by atoms with van der Waals surface area (Å²) in [6.45, 7) is 6.35. The van der Waals surface area contributed by atoms with Gasteiger partial charge in [-0.15, -0.1) is 0 Å². The molecular weight excluding hydrogens is 308 g/mol. The summed E-state index contributed by atoms with van der Waals surface area (Å²) in [6.07, 6.45) is 0. The van der Waals surface area contributed by atoms with Crippen LogP contribution in [0.3, 0.4) is 0 Å². The summed E-state index contributed by atoms with van der Waals surface area (Å²) in [4.78, 5) is 0. The molecule has 3 rings (SSSR count). The third kappa shape index (κ3) is 3.25. The van der Waals surface area contributed by atoms with Gasteiger partial charge in [0.25, 0.3) is 0 Å². The van der Waals surface area contributed by atoms with Gasteiger partial charge < -0.3 is 10.2 Å². The van der Waals surface area contributed by atoms with E-state index in [0.29, 0.717) is 5.56 Å². The highest BCUT2D eigenvalue weighted by Gasteiger charge is 2.32. The molecule has 0 amide bonds. The Kier molecular flexibility index (Phi) is 4.54. The van der Waals surface area contributed by atoms with Crippen LogP contribution in [0, 0.1) is 0 Å². The first-order valence-electron chi connectivity index (χ1n) is 8.58. The van der Waals surface area contributed by atoms with Gasteiger partial charge in [-0.25, -0.2) is 0 Å². The van der Waals surface area contributed by atoms with E-state index in [1.807, 2.05) is 48.5 Å². The molecule has 25 heavy (non-hydrogen) atoms. The number of hydrogen-bond acceptors (Lipinski definition) is 2. The second-order valence-corrected chi connectivity index (χ2v) is 7.11. The summed E-state index contributed by atoms with van der Waals surface area (Å²) in [5.41, 5.74) is 3.15. The van der Waals surface area contributed by atoms with Crippen molar-refractivity contribution in [2.45, 2.75) is 32.1 Å². The van der Waals surface area contributed by atoms with E-state index in [0.717, 1.165) is 11.1 Å². The van der Waals surface area contributed by atoms with E-state index in [9.17, 15) is 10.2 Å². The van der Waals surface area contributed by atoms with Crippen LogP contribution in [0.15, 0.2) is 72.8 Å². The molecule has 3 aromatic carbocycles. The van der Waals surface area contributed by atoms with Gasteiger partial charge in [-0.2, -0.15) is 0 Å². The first kappa shape index (κ1) is 17.1. The lowest BCUT2D eigenvalue weighted by Crippen LogP contribution is -2.25. The molecule has 128 valence electrons. The van der Waals surface area contributed by atoms with Crippen molar-refractivity contribution in [2.75, 3.05) is 0 Å². The van der Waals surface area contributed by atoms with E-state index in [4.69, 9.17) is 0 Å². The number of phenolic OH excluding ortho intramolecular Hbond substituents is 2. The molecule has 3 aromatic rings. The van der Waals surface area contributed by atoms with Crippen molar-refractivity contribution in [1.29, 1.82) is 0 Å². The Morgan fingerprint density at radius 1 is 0.760 bits per heavy atom. The van der Waals surface area contributed by atoms with Crippen molar-refractivity contribution in [1.82, 2.24) is 0 Å². The summed E-state index contributed by atoms with van der Waals surface area (Å²) >= 11 is 0. The standard InChI is InChI=1S/C23H24O2/c1-16(17-10-6-4-7-11-17)23(2,3)20-15-21(24)19(14-22(20)25)18-12-8-5-9-13-18/h4-16,24-25H,1-3H3. The van der Waals surface area contributed by atoms with Gasteiger partial charge in [0, 0.05) is 16.5 Å². The summed E-state index contributed by atoms with van der Waals surface area (Å²) in [6, 6.07) is 23.2. The zero-order valence-electron chi connectivity index (χ0n) is 14.9. The molecule has 2 nitrogen and oxygen atoms in total. The normalized spacial score (nSPS) is 12.8. The Labute approximate surface area is 149 Å². The van der Waals surface area contributed by atoms with Gasteiger partial charge in [-0.05, 0) is 29.2 Å². The third-order valence-corrected chi connectivity index (χ3v) is 5.28. The maximum atomic E-state index is 10.7. The largest absolute Gasteiger partial charge is 0.508 e. The van der Waals surface area contributed by atoms with Crippen molar-refractivity contribution in [3.05, 3.63) is 83.9 Å². The first-order chi connectivity index (χ1) is 11.9. The van der Waals surface area contributed by atoms with Crippen molar-refractivity contribution < 1.29 is 10.2 Å². The molecule has 0 spiro atoms. The van der Waals surface area contributed by atoms with Gasteiger partial charge in [-0.1, -0.05) is 81.4 Å². The molecule has 0 aliphatic carbocycles. The van der Waals surface area contributed by atoms with Crippen LogP contribution in [0.1, 0.15) is 37.8 Å². The number of rotatable bonds is 4. The van der Waals surface area contributed by atoms with E-state index in [-0.39, 0.29) is 22.8 Å². The van der Waals surface area contributed by atoms with Crippen molar-refractivity contribution in [2.24, 2.45) is 0 Å². The number of phenols is 2. The summed E-state index contributed by atoms with van der Waals surface area (Å²) < 4.78 is 0. The smallest absolute Gasteiger partial charge is 0.123 e. The predicted octanol–water partition coefficient (Wildman–Crippen LogP) is 5.85. The Hall–Kier alpha value is -2.74. The Morgan fingerprint density at radius 3 is 1.92 bits per heavy atom. The molecule has 0 aliphatic rings. The van der Waals surface area contributed by atoms with Crippen LogP contribution >= 0.6 is 0 Å². The van der Waals surface area contributed by atoms with Gasteiger partial charge >= 0.3 is 0 Å². The highest BCUT2D eigenvalue weighted by atomic mass is 16.3. The minimum absolute atomic E-state index is 0.182. The molecule has 0 fully saturated rings. The second kappa shape index (κ2) is 6.64. The minimum atomic E-state index is -0.335. The van der Waals surface area contributed by atoms with Crippen molar-refractivity contribution in [3.8, 4) is 22.6 Å². The lowest BCUT2D eigenvalue weighted by molar-refractivity contribution is 0.392. The molecule has 0 bridgehead atoms. The lowest BCUT2D eigenvalue weighted by atomic mass is 9.70. The molecule has 2 N–H and O–H groups in total. The molecule has 0 saturated carbocycles. The third-order valence-electron chi connectivity index (χ3n) is 5.28. The average molecular weight is 332 g/mol. The topological polar surface area (TPSA) is 40.5 Å². The zero-order chi connectivity index (χ0) is 18.0. The quantitative estimate of drug-likeness (QED) is 0.589. The molecule has 0 aromatic heterocycles. The molecule has 0 radical (unpaired) electrons. The minimum Gasteiger partial charge on any atom is -0.508 e. The van der Waals surface area contributed by atoms with Gasteiger partial charge in [-0.3, -0.25) is 0 Å². The molecule has 0 heterocycles. The highest BCUT2D eigenvalue weighted by Crippen LogP contribution is 2.45. The maximum Gasteiger partial charge on any atom is 0.123 e. The van der Waals surface area contributed by atoms with Gasteiger partial charge in [0.05, 0.1) is 0 Å². The maximum absolute atomic E-state index is 10.7. The number of hydrogen-bond donors (Lipinski definition) is 2. The molecule has 1 unspecified atom stereocenters. The fourth-order valence-corrected chi connectivity index (χ4v) is 3.33. The monoisotopic (exact) mass is 332 g/mol. The summed E-state index contributed by atoms with van der Waals surface area (Å²) in [5, 5.41) is 21.3. The first-order valence-corrected chi connectivity index (χ1v) is 8.58. The Morgan fingerprint density at radius 2 is 1.32 bits per heavy atom. The van der Waals surface area contributed by atoms with Crippen LogP contribution < -0.4 is 0 Å². The lowest BCUT2D eigenvalue weighted by Gasteiger charge is -2.33. The van der Waals surface area contributed by atoms with E-state index in [2.05, 4.69) is 32.9 Å². The van der Waals surface area contributed by atoms with Crippen molar-refractivity contribution >= 4 is 0 Å². The second-order valence-electron chi connectivity index (χ2n) is 7.11. The predicted molar refractivity (Wildman–Crippen MR) is 103 cm³/mol. The van der Waals surface area contributed by atoms with Gasteiger partial charge in [0.1, 0.15) is 11.5 Å². The van der Waals surface area contributed by atoms with Gasteiger partial charge in [0.15, 0.2) is 0 Å². The molecule has 1 atom stereocenters. The van der Waals surface area contributed by atoms with Crippen LogP contribution in [0.2, 0.25) is 0 Å². The molecule has 0 saturated heterocycles. The van der Waals surface area contributed by atoms with Crippen LogP contribution in [0.5, 0.6) is 11.5 Å². The number of benzene rings is 3. The van der Waals surface area contributed by atoms with E-state index in [1.165, 1.54) is 5.56 Å². The SMILES string of the molecule is CC(c1ccccc1)C(C)(C)c1cc(O)c(-c2ccccc2)cc1O. The van der Waals surface area contributed by atoms with Crippen molar-refractivity contribution in [3.63, 3.8) is 0 Å². The fourth-order valence-electron chi connectivity index (χ4n) is 3.33. The van der Waals surface area contributed by atoms with Crippen LogP contribution in [0.25, 0.3) is 11.1 Å². The van der Waals surface area contributed by atoms with Crippen LogP contribution in [-0.4, -0.2) is 10.2 Å². The van der Waals surface area contributed by atoms with E-state index in [1.54, 1.807) is 12.1 Å². The fraction of sp³-hybridized carbons (Fsp3) is 0.217. The Balaban J connectivity index is 2.04. The van der Waals surface area contributed by atoms with Crippen LogP contribution in [0.4, 0.5) is 0 Å². The summed E-state index contributed by atoms with van der Waals surface area (Å²) in [7, 11) is 0. The van der Waals surface area contributed by atoms with E-state index >= 15 is 0 Å². The molecular formula is C23H24O2. The average Bonchev–Trinajstić information content (AvgIpc) is 2.64. The highest BCUT2D eigenvalue weighted by molar-refractivity contribution is 5.73. The zero-order valence-corrected chi connectivity index (χ0v) is 14.9. The molecule has 0 aliphatic heterocycles. The van der Waals surface area contributed by atoms with Crippen LogP contribution in [-0.2, 0) is 5.41 Å². The number of aromatic hydroxyl groups is 2. The van der Waals surface area contributed by atoms with Gasteiger partial charge in [0.2, 0.25) is 0 Å². The Bertz CT molecular complexity index is 852. The van der Waals surface area contributed by atoms with E-state index < -0.39 is 0 Å². The summed E-state index contributed by atoms with van der Waals surface area (Å²) in [5.74, 6) is 0.582. The molecule has 2 heteroatoms.